The minimum Gasteiger partial charge on any atom is -0.381 e. The molecule has 1 aromatic carbocycles. The summed E-state index contributed by atoms with van der Waals surface area (Å²) in [6.07, 6.45) is 3.65. The molecule has 0 saturated heterocycles. The van der Waals surface area contributed by atoms with Crippen molar-refractivity contribution in [3.05, 3.63) is 52.3 Å². The van der Waals surface area contributed by atoms with Gasteiger partial charge < -0.3 is 16.0 Å². The van der Waals surface area contributed by atoms with E-state index < -0.39 is 17.5 Å². The second kappa shape index (κ2) is 7.48. The molecule has 0 atom stereocenters. The first-order valence-electron chi connectivity index (χ1n) is 8.33. The van der Waals surface area contributed by atoms with Gasteiger partial charge in [0.05, 0.1) is 17.2 Å². The van der Waals surface area contributed by atoms with Crippen molar-refractivity contribution in [2.45, 2.75) is 6.42 Å². The van der Waals surface area contributed by atoms with E-state index in [4.69, 9.17) is 5.73 Å². The van der Waals surface area contributed by atoms with Gasteiger partial charge in [0.2, 0.25) is 0 Å². The molecule has 0 radical (unpaired) electrons. The fourth-order valence-electron chi connectivity index (χ4n) is 2.66. The molecule has 29 heavy (non-hydrogen) atoms. The molecule has 0 aliphatic carbocycles. The maximum absolute atomic E-state index is 13.2. The van der Waals surface area contributed by atoms with Gasteiger partial charge in [-0.3, -0.25) is 9.20 Å². The monoisotopic (exact) mass is 459 g/mol. The fraction of sp³-hybridized carbons (Fsp3) is 0.111. The normalized spacial score (nSPS) is 10.9. The first-order chi connectivity index (χ1) is 13.9. The summed E-state index contributed by atoms with van der Waals surface area (Å²) in [7, 11) is 0. The summed E-state index contributed by atoms with van der Waals surface area (Å²) in [6.45, 7) is 0.260. The maximum atomic E-state index is 13.2. The van der Waals surface area contributed by atoms with Crippen molar-refractivity contribution in [1.29, 1.82) is 0 Å². The van der Waals surface area contributed by atoms with Gasteiger partial charge in [0, 0.05) is 31.3 Å². The van der Waals surface area contributed by atoms with Crippen LogP contribution in [0.4, 0.5) is 14.6 Å². The molecule has 4 rings (SSSR count). The number of rotatable bonds is 3. The Hall–Kier alpha value is -3.52. The van der Waals surface area contributed by atoms with Crippen molar-refractivity contribution >= 4 is 44.3 Å². The Morgan fingerprint density at radius 1 is 1.31 bits per heavy atom. The van der Waals surface area contributed by atoms with Gasteiger partial charge in [-0.2, -0.15) is 0 Å². The van der Waals surface area contributed by atoms with E-state index >= 15 is 0 Å². The van der Waals surface area contributed by atoms with E-state index in [-0.39, 0.29) is 29.2 Å². The van der Waals surface area contributed by atoms with E-state index in [1.165, 1.54) is 0 Å². The van der Waals surface area contributed by atoms with Crippen LogP contribution >= 0.6 is 15.9 Å². The zero-order valence-electron chi connectivity index (χ0n) is 14.6. The number of anilines is 1. The molecular weight excluding hydrogens is 448 g/mol. The van der Waals surface area contributed by atoms with Gasteiger partial charge in [0.1, 0.15) is 10.3 Å². The largest absolute Gasteiger partial charge is 0.381 e. The van der Waals surface area contributed by atoms with Gasteiger partial charge in [-0.25, -0.2) is 23.7 Å². The molecule has 8 nitrogen and oxygen atoms in total. The number of H-pyrrole nitrogens is 1. The zero-order valence-corrected chi connectivity index (χ0v) is 16.2. The lowest BCUT2D eigenvalue weighted by Gasteiger charge is -2.00. The van der Waals surface area contributed by atoms with E-state index in [1.54, 1.807) is 16.8 Å². The predicted molar refractivity (Wildman–Crippen MR) is 105 cm³/mol. The molecule has 146 valence electrons. The molecule has 0 spiro atoms. The van der Waals surface area contributed by atoms with Crippen LogP contribution < -0.4 is 11.1 Å². The molecule has 3 aromatic heterocycles. The number of aromatic amines is 1. The third-order valence-corrected chi connectivity index (χ3v) is 4.36. The first-order valence-corrected chi connectivity index (χ1v) is 9.12. The molecule has 0 aliphatic rings. The number of carbonyl (C=O) groups is 1. The van der Waals surface area contributed by atoms with Crippen LogP contribution in [0.5, 0.6) is 0 Å². The SMILES string of the molecule is Nc1nc(Br)cn2c(C#CCCNC(=O)c3nc4cc(F)c(F)cc4[nH]3)cnc12. The van der Waals surface area contributed by atoms with Crippen LogP contribution in [0, 0.1) is 23.5 Å². The van der Waals surface area contributed by atoms with Crippen LogP contribution in [0.1, 0.15) is 22.7 Å². The number of nitrogen functional groups attached to an aromatic ring is 1. The number of nitrogens with zero attached hydrogens (tertiary/aromatic N) is 4. The highest BCUT2D eigenvalue weighted by atomic mass is 79.9. The number of hydrogen-bond acceptors (Lipinski definition) is 5. The summed E-state index contributed by atoms with van der Waals surface area (Å²) in [4.78, 5) is 27.0. The highest BCUT2D eigenvalue weighted by Crippen LogP contribution is 2.17. The first kappa shape index (κ1) is 18.8. The molecule has 11 heteroatoms. The van der Waals surface area contributed by atoms with Gasteiger partial charge in [0.15, 0.2) is 28.9 Å². The lowest BCUT2D eigenvalue weighted by molar-refractivity contribution is 0.0945. The second-order valence-electron chi connectivity index (χ2n) is 5.96. The molecule has 0 bridgehead atoms. The average molecular weight is 460 g/mol. The molecule has 0 aliphatic heterocycles. The highest BCUT2D eigenvalue weighted by Gasteiger charge is 2.13. The fourth-order valence-corrected chi connectivity index (χ4v) is 3.06. The molecular formula is C18H12BrF2N7O. The molecule has 4 N–H and O–H groups in total. The summed E-state index contributed by atoms with van der Waals surface area (Å²) in [5.74, 6) is 3.60. The lowest BCUT2D eigenvalue weighted by atomic mass is 10.3. The van der Waals surface area contributed by atoms with Gasteiger partial charge in [-0.1, -0.05) is 5.92 Å². The number of imidazole rings is 2. The van der Waals surface area contributed by atoms with Crippen molar-refractivity contribution in [3.63, 3.8) is 0 Å². The highest BCUT2D eigenvalue weighted by molar-refractivity contribution is 9.10. The van der Waals surface area contributed by atoms with Crippen LogP contribution in [0.25, 0.3) is 16.7 Å². The zero-order chi connectivity index (χ0) is 20.5. The number of nitrogens with one attached hydrogen (secondary N) is 2. The number of fused-ring (bicyclic) bond motifs is 2. The summed E-state index contributed by atoms with van der Waals surface area (Å²) in [6, 6.07) is 1.89. The Morgan fingerprint density at radius 3 is 2.93 bits per heavy atom. The predicted octanol–water partition coefficient (Wildman–Crippen LogP) is 2.40. The standard InChI is InChI=1S/C18H12BrF2N7O/c19-14-8-28-9(7-24-17(28)15(22)27-14)3-1-2-4-23-18(29)16-25-12-5-10(20)11(21)6-13(12)26-16/h5-8H,2,4H2,(H2,22,27)(H,23,29)(H,25,26). The summed E-state index contributed by atoms with van der Waals surface area (Å²) < 4.78 is 28.8. The Labute approximate surface area is 170 Å². The number of hydrogen-bond donors (Lipinski definition) is 3. The number of halogens is 3. The summed E-state index contributed by atoms with van der Waals surface area (Å²) in [5, 5.41) is 2.64. The summed E-state index contributed by atoms with van der Waals surface area (Å²) in [5.41, 5.74) is 7.35. The number of nitrogens with two attached hydrogens (primary N) is 1. The van der Waals surface area contributed by atoms with E-state index in [0.717, 1.165) is 12.1 Å². The minimum atomic E-state index is -1.02. The van der Waals surface area contributed by atoms with Gasteiger partial charge in [0.25, 0.3) is 5.91 Å². The Bertz CT molecular complexity index is 1280. The van der Waals surface area contributed by atoms with Gasteiger partial charge in [-0.05, 0) is 21.9 Å². The number of carbonyl (C=O) groups excluding carboxylic acids is 1. The molecule has 0 fully saturated rings. The van der Waals surface area contributed by atoms with Crippen LogP contribution in [-0.2, 0) is 0 Å². The molecule has 3 heterocycles. The van der Waals surface area contributed by atoms with E-state index in [1.807, 2.05) is 0 Å². The van der Waals surface area contributed by atoms with Crippen molar-refractivity contribution < 1.29 is 13.6 Å². The van der Waals surface area contributed by atoms with Gasteiger partial charge >= 0.3 is 0 Å². The Balaban J connectivity index is 1.40. The van der Waals surface area contributed by atoms with Crippen molar-refractivity contribution in [2.24, 2.45) is 0 Å². The van der Waals surface area contributed by atoms with Crippen LogP contribution in [0.2, 0.25) is 0 Å². The topological polar surface area (TPSA) is 114 Å². The second-order valence-corrected chi connectivity index (χ2v) is 6.77. The van der Waals surface area contributed by atoms with Crippen molar-refractivity contribution in [3.8, 4) is 11.8 Å². The lowest BCUT2D eigenvalue weighted by Crippen LogP contribution is -2.25. The third kappa shape index (κ3) is 3.74. The van der Waals surface area contributed by atoms with Crippen molar-refractivity contribution in [1.82, 2.24) is 29.7 Å². The van der Waals surface area contributed by atoms with E-state index in [9.17, 15) is 13.6 Å². The van der Waals surface area contributed by atoms with Crippen LogP contribution in [0.3, 0.4) is 0 Å². The molecule has 1 amide bonds. The quantitative estimate of drug-likeness (QED) is 0.321. The molecule has 0 saturated carbocycles. The van der Waals surface area contributed by atoms with Crippen LogP contribution in [-0.4, -0.2) is 36.8 Å². The molecule has 4 aromatic rings. The molecule has 0 unspecified atom stereocenters. The van der Waals surface area contributed by atoms with Crippen LogP contribution in [0.15, 0.2) is 29.1 Å². The Morgan fingerprint density at radius 2 is 2.10 bits per heavy atom. The number of aromatic nitrogens is 5. The van der Waals surface area contributed by atoms with E-state index in [2.05, 4.69) is 53.0 Å². The minimum absolute atomic E-state index is 0.0347. The number of amides is 1. The number of benzene rings is 1. The van der Waals surface area contributed by atoms with Crippen molar-refractivity contribution in [2.75, 3.05) is 12.3 Å². The van der Waals surface area contributed by atoms with E-state index in [0.29, 0.717) is 22.4 Å². The third-order valence-electron chi connectivity index (χ3n) is 3.98. The maximum Gasteiger partial charge on any atom is 0.287 e. The summed E-state index contributed by atoms with van der Waals surface area (Å²) >= 11 is 3.27. The smallest absolute Gasteiger partial charge is 0.287 e. The average Bonchev–Trinajstić information content (AvgIpc) is 3.26. The Kier molecular flexibility index (Phi) is 4.85. The van der Waals surface area contributed by atoms with Gasteiger partial charge in [-0.15, -0.1) is 0 Å².